The highest BCUT2D eigenvalue weighted by Crippen LogP contribution is 2.09. The van der Waals surface area contributed by atoms with Crippen molar-refractivity contribution in [3.8, 4) is 0 Å². The van der Waals surface area contributed by atoms with Crippen molar-refractivity contribution in [2.45, 2.75) is 13.5 Å². The third kappa shape index (κ3) is 1.40. The molecule has 0 bridgehead atoms. The summed E-state index contributed by atoms with van der Waals surface area (Å²) in [5, 5.41) is 8.89. The van der Waals surface area contributed by atoms with Gasteiger partial charge in [-0.15, -0.1) is 0 Å². The van der Waals surface area contributed by atoms with Crippen molar-refractivity contribution < 1.29 is 5.11 Å². The first kappa shape index (κ1) is 8.90. The van der Waals surface area contributed by atoms with E-state index in [1.807, 2.05) is 0 Å². The zero-order valence-electron chi connectivity index (χ0n) is 7.74. The van der Waals surface area contributed by atoms with Gasteiger partial charge in [-0.1, -0.05) is 0 Å². The normalized spacial score (nSPS) is 10.7. The highest BCUT2D eigenvalue weighted by atomic mass is 16.3. The van der Waals surface area contributed by atoms with E-state index in [1.165, 1.54) is 0 Å². The van der Waals surface area contributed by atoms with Gasteiger partial charge in [0, 0.05) is 11.8 Å². The summed E-state index contributed by atoms with van der Waals surface area (Å²) >= 11 is 0. The van der Waals surface area contributed by atoms with Gasteiger partial charge in [-0.3, -0.25) is 9.78 Å². The van der Waals surface area contributed by atoms with Crippen molar-refractivity contribution in [3.63, 3.8) is 0 Å². The Hall–Kier alpha value is -1.68. The van der Waals surface area contributed by atoms with Crippen molar-refractivity contribution in [2.24, 2.45) is 0 Å². The zero-order chi connectivity index (χ0) is 10.1. The number of nitrogens with one attached hydrogen (secondary N) is 1. The van der Waals surface area contributed by atoms with Crippen LogP contribution in [-0.4, -0.2) is 15.1 Å². The molecule has 0 saturated heterocycles. The molecule has 2 aromatic rings. The predicted octanol–water partition coefficient (Wildman–Crippen LogP) is 0.724. The molecule has 0 aliphatic carbocycles. The molecule has 2 N–H and O–H groups in total. The van der Waals surface area contributed by atoms with Gasteiger partial charge < -0.3 is 10.1 Å². The lowest BCUT2D eigenvalue weighted by atomic mass is 10.2. The van der Waals surface area contributed by atoms with E-state index in [2.05, 4.69) is 9.97 Å². The van der Waals surface area contributed by atoms with E-state index in [9.17, 15) is 4.79 Å². The number of aromatic nitrogens is 2. The van der Waals surface area contributed by atoms with Crippen molar-refractivity contribution in [2.75, 3.05) is 0 Å². The van der Waals surface area contributed by atoms with Gasteiger partial charge >= 0.3 is 0 Å². The number of hydrogen-bond acceptors (Lipinski definition) is 3. The average molecular weight is 190 g/mol. The second-order valence-electron chi connectivity index (χ2n) is 3.22. The Morgan fingerprint density at radius 2 is 2.29 bits per heavy atom. The molecule has 14 heavy (non-hydrogen) atoms. The number of aromatic amines is 1. The smallest absolute Gasteiger partial charge is 0.251 e. The van der Waals surface area contributed by atoms with Gasteiger partial charge in [0.25, 0.3) is 5.56 Å². The Kier molecular flexibility index (Phi) is 2.05. The van der Waals surface area contributed by atoms with E-state index in [-0.39, 0.29) is 12.2 Å². The van der Waals surface area contributed by atoms with Gasteiger partial charge in [-0.25, -0.2) is 0 Å². The lowest BCUT2D eigenvalue weighted by Crippen LogP contribution is -2.09. The van der Waals surface area contributed by atoms with Crippen LogP contribution >= 0.6 is 0 Å². The number of aryl methyl sites for hydroxylation is 1. The summed E-state index contributed by atoms with van der Waals surface area (Å²) in [5.74, 6) is 0. The number of aliphatic hydroxyl groups is 1. The Labute approximate surface area is 80.2 Å². The van der Waals surface area contributed by atoms with Crippen LogP contribution in [0.2, 0.25) is 0 Å². The van der Waals surface area contributed by atoms with Crippen LogP contribution in [0.15, 0.2) is 23.1 Å². The summed E-state index contributed by atoms with van der Waals surface area (Å²) in [6.45, 7) is 1.67. The van der Waals surface area contributed by atoms with E-state index in [0.717, 1.165) is 5.52 Å². The summed E-state index contributed by atoms with van der Waals surface area (Å²) in [5.41, 5.74) is 2.61. The largest absolute Gasteiger partial charge is 0.392 e. The molecule has 0 aliphatic rings. The van der Waals surface area contributed by atoms with Crippen LogP contribution in [0, 0.1) is 6.92 Å². The number of aliphatic hydroxyl groups excluding tert-OH is 1. The molecule has 0 amide bonds. The molecule has 2 heterocycles. The van der Waals surface area contributed by atoms with Gasteiger partial charge in [0.05, 0.1) is 17.6 Å². The zero-order valence-corrected chi connectivity index (χ0v) is 7.74. The van der Waals surface area contributed by atoms with Gasteiger partial charge in [0.15, 0.2) is 0 Å². The van der Waals surface area contributed by atoms with Crippen molar-refractivity contribution in [1.82, 2.24) is 9.97 Å². The molecule has 0 radical (unpaired) electrons. The fourth-order valence-electron chi connectivity index (χ4n) is 1.31. The summed E-state index contributed by atoms with van der Waals surface area (Å²) in [7, 11) is 0. The van der Waals surface area contributed by atoms with Gasteiger partial charge in [0.1, 0.15) is 0 Å². The van der Waals surface area contributed by atoms with Crippen LogP contribution in [0.25, 0.3) is 11.0 Å². The molecule has 72 valence electrons. The van der Waals surface area contributed by atoms with Gasteiger partial charge in [0.2, 0.25) is 0 Å². The molecular weight excluding hydrogens is 180 g/mol. The highest BCUT2D eigenvalue weighted by Gasteiger charge is 2.00. The van der Waals surface area contributed by atoms with Crippen LogP contribution in [0.4, 0.5) is 0 Å². The SMILES string of the molecule is Cc1cc2ncc(CO)cc2[nH]c1=O. The monoisotopic (exact) mass is 190 g/mol. The first-order valence-corrected chi connectivity index (χ1v) is 4.30. The Balaban J connectivity index is 2.77. The van der Waals surface area contributed by atoms with E-state index < -0.39 is 0 Å². The quantitative estimate of drug-likeness (QED) is 0.696. The molecule has 0 unspecified atom stereocenters. The maximum absolute atomic E-state index is 11.3. The summed E-state index contributed by atoms with van der Waals surface area (Å²) in [6, 6.07) is 3.46. The second kappa shape index (κ2) is 3.23. The first-order chi connectivity index (χ1) is 6.70. The molecule has 0 saturated carbocycles. The van der Waals surface area contributed by atoms with Gasteiger partial charge in [-0.05, 0) is 24.6 Å². The van der Waals surface area contributed by atoms with Crippen LogP contribution in [0.3, 0.4) is 0 Å². The number of pyridine rings is 2. The van der Waals surface area contributed by atoms with Crippen LogP contribution in [0.1, 0.15) is 11.1 Å². The molecule has 0 aliphatic heterocycles. The Bertz CT molecular complexity index is 531. The summed E-state index contributed by atoms with van der Waals surface area (Å²) in [6.07, 6.45) is 1.60. The van der Waals surface area contributed by atoms with E-state index in [1.54, 1.807) is 25.3 Å². The lowest BCUT2D eigenvalue weighted by molar-refractivity contribution is 0.281. The van der Waals surface area contributed by atoms with Crippen LogP contribution in [-0.2, 0) is 6.61 Å². The fraction of sp³-hybridized carbons (Fsp3) is 0.200. The number of rotatable bonds is 1. The molecule has 2 rings (SSSR count). The molecule has 0 atom stereocenters. The van der Waals surface area contributed by atoms with Crippen LogP contribution < -0.4 is 5.56 Å². The molecular formula is C10H10N2O2. The fourth-order valence-corrected chi connectivity index (χ4v) is 1.31. The maximum Gasteiger partial charge on any atom is 0.251 e. The standard InChI is InChI=1S/C10H10N2O2/c1-6-2-8-9(12-10(6)14)3-7(5-13)4-11-8/h2-4,13H,5H2,1H3,(H,12,14). The molecule has 4 heteroatoms. The average Bonchev–Trinajstić information content (AvgIpc) is 2.19. The minimum atomic E-state index is -0.116. The molecule has 0 spiro atoms. The van der Waals surface area contributed by atoms with Gasteiger partial charge in [-0.2, -0.15) is 0 Å². The first-order valence-electron chi connectivity index (χ1n) is 4.30. The second-order valence-corrected chi connectivity index (χ2v) is 3.22. The molecule has 0 aromatic carbocycles. The highest BCUT2D eigenvalue weighted by molar-refractivity contribution is 5.74. The third-order valence-electron chi connectivity index (χ3n) is 2.12. The number of H-pyrrole nitrogens is 1. The summed E-state index contributed by atoms with van der Waals surface area (Å²) < 4.78 is 0. The predicted molar refractivity (Wildman–Crippen MR) is 53.0 cm³/mol. The van der Waals surface area contributed by atoms with Crippen molar-refractivity contribution in [1.29, 1.82) is 0 Å². The Morgan fingerprint density at radius 1 is 1.50 bits per heavy atom. The lowest BCUT2D eigenvalue weighted by Gasteiger charge is -2.00. The minimum Gasteiger partial charge on any atom is -0.392 e. The Morgan fingerprint density at radius 3 is 3.00 bits per heavy atom. The van der Waals surface area contributed by atoms with Crippen LogP contribution in [0.5, 0.6) is 0 Å². The van der Waals surface area contributed by atoms with E-state index in [4.69, 9.17) is 5.11 Å². The third-order valence-corrected chi connectivity index (χ3v) is 2.12. The van der Waals surface area contributed by atoms with E-state index >= 15 is 0 Å². The number of nitrogens with zero attached hydrogens (tertiary/aromatic N) is 1. The molecule has 4 nitrogen and oxygen atoms in total. The number of hydrogen-bond donors (Lipinski definition) is 2. The molecule has 2 aromatic heterocycles. The summed E-state index contributed by atoms with van der Waals surface area (Å²) in [4.78, 5) is 18.1. The topological polar surface area (TPSA) is 66.0 Å². The molecule has 0 fully saturated rings. The van der Waals surface area contributed by atoms with Crippen molar-refractivity contribution >= 4 is 11.0 Å². The number of fused-ring (bicyclic) bond motifs is 1. The minimum absolute atomic E-state index is 0.0706. The van der Waals surface area contributed by atoms with Crippen molar-refractivity contribution in [3.05, 3.63) is 39.8 Å². The maximum atomic E-state index is 11.3. The van der Waals surface area contributed by atoms with E-state index in [0.29, 0.717) is 16.6 Å².